The van der Waals surface area contributed by atoms with Gasteiger partial charge >= 0.3 is 0 Å². The minimum absolute atomic E-state index is 0.610. The molecule has 11 aromatic rings. The van der Waals surface area contributed by atoms with Gasteiger partial charge in [0.15, 0.2) is 17.5 Å². The fourth-order valence-corrected chi connectivity index (χ4v) is 8.51. The van der Waals surface area contributed by atoms with Crippen molar-refractivity contribution < 1.29 is 0 Å². The summed E-state index contributed by atoms with van der Waals surface area (Å²) in [7, 11) is 0. The van der Waals surface area contributed by atoms with Crippen molar-refractivity contribution in [1.29, 1.82) is 0 Å². The van der Waals surface area contributed by atoms with E-state index in [9.17, 15) is 0 Å². The quantitative estimate of drug-likeness (QED) is 0.171. The molecule has 0 saturated heterocycles. The van der Waals surface area contributed by atoms with Crippen molar-refractivity contribution in [2.45, 2.75) is 0 Å². The van der Waals surface area contributed by atoms with E-state index in [1.807, 2.05) is 24.3 Å². The second-order valence-electron chi connectivity index (χ2n) is 14.3. The highest BCUT2D eigenvalue weighted by Gasteiger charge is 2.24. The fraction of sp³-hybridized carbons (Fsp3) is 0. The van der Waals surface area contributed by atoms with Gasteiger partial charge in [-0.25, -0.2) is 15.0 Å². The molecule has 0 aliphatic rings. The molecule has 0 amide bonds. The predicted octanol–water partition coefficient (Wildman–Crippen LogP) is 13.6. The van der Waals surface area contributed by atoms with Gasteiger partial charge in [0, 0.05) is 21.9 Å². The van der Waals surface area contributed by atoms with E-state index < -0.39 is 0 Å². The maximum absolute atomic E-state index is 5.48. The lowest BCUT2D eigenvalue weighted by atomic mass is 9.90. The Balaban J connectivity index is 1.30. The van der Waals surface area contributed by atoms with Gasteiger partial charge in [0.1, 0.15) is 0 Å². The highest BCUT2D eigenvalue weighted by Crippen LogP contribution is 2.45. The zero-order valence-electron chi connectivity index (χ0n) is 30.9. The molecule has 4 nitrogen and oxygen atoms in total. The third-order valence-electron chi connectivity index (χ3n) is 11.1. The van der Waals surface area contributed by atoms with E-state index in [1.54, 1.807) is 0 Å². The van der Waals surface area contributed by atoms with Crippen molar-refractivity contribution in [3.05, 3.63) is 206 Å². The zero-order chi connectivity index (χ0) is 37.7. The number of hydrogen-bond donors (Lipinski definition) is 0. The molecule has 57 heavy (non-hydrogen) atoms. The predicted molar refractivity (Wildman–Crippen MR) is 236 cm³/mol. The first kappa shape index (κ1) is 32.7. The standard InChI is InChI=1S/C53H34N4/c1-3-18-35(19-4-1)39-25-9-12-30-45(39)52-54-51(37-21-5-2-6-22-37)55-53(56-52)50-44-29-11-10-26-41(44)46(40-31-17-23-36-20-7-8-24-38(36)40)34-49(50)57-47-32-15-13-27-42(47)43-28-14-16-33-48(43)57/h1-34H. The van der Waals surface area contributed by atoms with E-state index in [1.165, 1.54) is 27.1 Å². The van der Waals surface area contributed by atoms with Crippen LogP contribution in [0.25, 0.3) is 105 Å². The lowest BCUT2D eigenvalue weighted by Gasteiger charge is -2.20. The lowest BCUT2D eigenvalue weighted by molar-refractivity contribution is 1.07. The summed E-state index contributed by atoms with van der Waals surface area (Å²) in [5, 5.41) is 6.98. The summed E-state index contributed by atoms with van der Waals surface area (Å²) in [6, 6.07) is 72.8. The molecule has 2 heterocycles. The topological polar surface area (TPSA) is 43.6 Å². The van der Waals surface area contributed by atoms with Crippen molar-refractivity contribution in [1.82, 2.24) is 19.5 Å². The summed E-state index contributed by atoms with van der Waals surface area (Å²) in [6.45, 7) is 0. The fourth-order valence-electron chi connectivity index (χ4n) is 8.51. The second kappa shape index (κ2) is 13.6. The van der Waals surface area contributed by atoms with E-state index in [4.69, 9.17) is 15.0 Å². The molecular formula is C53H34N4. The summed E-state index contributed by atoms with van der Waals surface area (Å²) < 4.78 is 2.41. The van der Waals surface area contributed by atoms with E-state index >= 15 is 0 Å². The molecule has 11 rings (SSSR count). The van der Waals surface area contributed by atoms with Gasteiger partial charge in [-0.1, -0.05) is 188 Å². The molecule has 0 bridgehead atoms. The smallest absolute Gasteiger partial charge is 0.166 e. The molecule has 0 spiro atoms. The van der Waals surface area contributed by atoms with Gasteiger partial charge in [-0.05, 0) is 62.0 Å². The molecule has 0 unspecified atom stereocenters. The Hall–Kier alpha value is -7.69. The van der Waals surface area contributed by atoms with Crippen molar-refractivity contribution in [2.75, 3.05) is 0 Å². The van der Waals surface area contributed by atoms with Crippen LogP contribution in [0.15, 0.2) is 206 Å². The van der Waals surface area contributed by atoms with Gasteiger partial charge in [-0.3, -0.25) is 0 Å². The minimum atomic E-state index is 0.610. The summed E-state index contributed by atoms with van der Waals surface area (Å²) in [5.74, 6) is 1.85. The number of fused-ring (bicyclic) bond motifs is 5. The first-order valence-corrected chi connectivity index (χ1v) is 19.3. The third-order valence-corrected chi connectivity index (χ3v) is 11.1. The molecule has 0 aliphatic heterocycles. The molecule has 0 saturated carbocycles. The number of hydrogen-bond acceptors (Lipinski definition) is 3. The van der Waals surface area contributed by atoms with Crippen LogP contribution in [-0.2, 0) is 0 Å². The van der Waals surface area contributed by atoms with Crippen LogP contribution in [0, 0.1) is 0 Å². The van der Waals surface area contributed by atoms with Crippen LogP contribution in [-0.4, -0.2) is 19.5 Å². The zero-order valence-corrected chi connectivity index (χ0v) is 30.9. The maximum Gasteiger partial charge on any atom is 0.166 e. The van der Waals surface area contributed by atoms with Crippen molar-refractivity contribution in [3.8, 4) is 62.1 Å². The van der Waals surface area contributed by atoms with Gasteiger partial charge in [-0.15, -0.1) is 0 Å². The van der Waals surface area contributed by atoms with Gasteiger partial charge in [-0.2, -0.15) is 0 Å². The highest BCUT2D eigenvalue weighted by molar-refractivity contribution is 6.14. The molecule has 0 radical (unpaired) electrons. The molecule has 0 N–H and O–H groups in total. The van der Waals surface area contributed by atoms with Gasteiger partial charge in [0.05, 0.1) is 22.3 Å². The van der Waals surface area contributed by atoms with Gasteiger partial charge < -0.3 is 4.57 Å². The van der Waals surface area contributed by atoms with Gasteiger partial charge in [0.2, 0.25) is 0 Å². The first-order valence-electron chi connectivity index (χ1n) is 19.3. The Morgan fingerprint density at radius 2 is 0.789 bits per heavy atom. The van der Waals surface area contributed by atoms with Crippen LogP contribution in [0.3, 0.4) is 0 Å². The van der Waals surface area contributed by atoms with Crippen LogP contribution in [0.4, 0.5) is 0 Å². The van der Waals surface area contributed by atoms with Gasteiger partial charge in [0.25, 0.3) is 0 Å². The SMILES string of the molecule is c1ccc(-c2nc(-c3ccccc3-c3ccccc3)nc(-c3c(-n4c5ccccc5c5ccccc54)cc(-c4cccc5ccccc45)c4ccccc34)n2)cc1. The molecule has 0 atom stereocenters. The average Bonchev–Trinajstić information content (AvgIpc) is 3.63. The van der Waals surface area contributed by atoms with Crippen LogP contribution < -0.4 is 0 Å². The largest absolute Gasteiger partial charge is 0.308 e. The Morgan fingerprint density at radius 3 is 1.51 bits per heavy atom. The summed E-state index contributed by atoms with van der Waals surface area (Å²) >= 11 is 0. The molecule has 0 fully saturated rings. The number of para-hydroxylation sites is 2. The number of nitrogens with zero attached hydrogens (tertiary/aromatic N) is 4. The number of benzene rings is 9. The molecular weight excluding hydrogens is 693 g/mol. The second-order valence-corrected chi connectivity index (χ2v) is 14.3. The first-order chi connectivity index (χ1) is 28.3. The molecule has 2 aromatic heterocycles. The van der Waals surface area contributed by atoms with Crippen molar-refractivity contribution in [3.63, 3.8) is 0 Å². The Kier molecular flexibility index (Phi) is 7.78. The average molecular weight is 727 g/mol. The maximum atomic E-state index is 5.48. The van der Waals surface area contributed by atoms with Crippen LogP contribution in [0.1, 0.15) is 0 Å². The highest BCUT2D eigenvalue weighted by atomic mass is 15.1. The Bertz CT molecular complexity index is 3230. The number of aromatic nitrogens is 4. The number of rotatable bonds is 6. The summed E-state index contributed by atoms with van der Waals surface area (Å²) in [4.78, 5) is 16.1. The summed E-state index contributed by atoms with van der Waals surface area (Å²) in [6.07, 6.45) is 0. The normalized spacial score (nSPS) is 11.5. The Morgan fingerprint density at radius 1 is 0.298 bits per heavy atom. The van der Waals surface area contributed by atoms with Crippen LogP contribution in [0.5, 0.6) is 0 Å². The van der Waals surface area contributed by atoms with E-state index in [0.717, 1.165) is 60.9 Å². The lowest BCUT2D eigenvalue weighted by Crippen LogP contribution is -2.05. The van der Waals surface area contributed by atoms with Crippen LogP contribution >= 0.6 is 0 Å². The van der Waals surface area contributed by atoms with Crippen molar-refractivity contribution in [2.24, 2.45) is 0 Å². The minimum Gasteiger partial charge on any atom is -0.308 e. The molecule has 4 heteroatoms. The van der Waals surface area contributed by atoms with E-state index in [-0.39, 0.29) is 0 Å². The molecule has 9 aromatic carbocycles. The molecule has 0 aliphatic carbocycles. The summed E-state index contributed by atoms with van der Waals surface area (Å²) in [5.41, 5.74) is 10.5. The van der Waals surface area contributed by atoms with Crippen LogP contribution in [0.2, 0.25) is 0 Å². The monoisotopic (exact) mass is 726 g/mol. The van der Waals surface area contributed by atoms with Crippen molar-refractivity contribution >= 4 is 43.4 Å². The molecule has 266 valence electrons. The third kappa shape index (κ3) is 5.50. The Labute approximate surface area is 330 Å². The van der Waals surface area contributed by atoms with E-state index in [2.05, 4.69) is 187 Å². The van der Waals surface area contributed by atoms with E-state index in [0.29, 0.717) is 17.5 Å².